The Bertz CT molecular complexity index is 666. The number of carbonyl (C=O) groups is 1. The number of rotatable bonds is 7. The van der Waals surface area contributed by atoms with E-state index in [0.717, 1.165) is 5.56 Å². The van der Waals surface area contributed by atoms with Crippen molar-refractivity contribution in [3.8, 4) is 0 Å². The van der Waals surface area contributed by atoms with Gasteiger partial charge in [0, 0.05) is 6.54 Å². The number of nitrogens with zero attached hydrogens (tertiary/aromatic N) is 2. The van der Waals surface area contributed by atoms with Crippen molar-refractivity contribution >= 4 is 29.8 Å². The second kappa shape index (κ2) is 8.14. The zero-order valence-electron chi connectivity index (χ0n) is 11.8. The third-order valence-electron chi connectivity index (χ3n) is 2.56. The number of thioether (sulfide) groups is 1. The summed E-state index contributed by atoms with van der Waals surface area (Å²) in [6.45, 7) is 3.97. The van der Waals surface area contributed by atoms with E-state index < -0.39 is 0 Å². The van der Waals surface area contributed by atoms with Crippen molar-refractivity contribution < 1.29 is 9.18 Å². The molecule has 1 heterocycles. The average Bonchev–Trinajstić information content (AvgIpc) is 2.98. The minimum Gasteiger partial charge on any atom is -0.352 e. The number of hydrogen-bond donors (Lipinski definition) is 2. The molecule has 0 bridgehead atoms. The summed E-state index contributed by atoms with van der Waals surface area (Å²) in [5.74, 6) is 0.439. The van der Waals surface area contributed by atoms with E-state index in [2.05, 4.69) is 27.1 Å². The van der Waals surface area contributed by atoms with Crippen LogP contribution in [0.25, 0.3) is 12.2 Å². The zero-order chi connectivity index (χ0) is 15.8. The molecule has 2 aromatic rings. The van der Waals surface area contributed by atoms with E-state index in [9.17, 15) is 9.18 Å². The minimum atomic E-state index is -0.273. The van der Waals surface area contributed by atoms with Crippen LogP contribution in [-0.4, -0.2) is 33.4 Å². The zero-order valence-corrected chi connectivity index (χ0v) is 12.6. The highest BCUT2D eigenvalue weighted by atomic mass is 32.2. The Hall–Kier alpha value is -2.41. The normalized spacial score (nSPS) is 10.8. The molecule has 0 spiro atoms. The smallest absolute Gasteiger partial charge is 0.230 e. The van der Waals surface area contributed by atoms with Gasteiger partial charge in [-0.25, -0.2) is 9.37 Å². The monoisotopic (exact) mass is 318 g/mol. The number of amides is 1. The van der Waals surface area contributed by atoms with Crippen molar-refractivity contribution in [1.29, 1.82) is 0 Å². The number of aromatic nitrogens is 3. The summed E-state index contributed by atoms with van der Waals surface area (Å²) in [6, 6.07) is 6.12. The first-order valence-corrected chi connectivity index (χ1v) is 7.52. The Balaban J connectivity index is 1.87. The molecule has 114 valence electrons. The van der Waals surface area contributed by atoms with Gasteiger partial charge in [0.15, 0.2) is 0 Å². The molecule has 0 saturated heterocycles. The lowest BCUT2D eigenvalue weighted by Gasteiger charge is -1.98. The molecule has 5 nitrogen and oxygen atoms in total. The lowest BCUT2D eigenvalue weighted by molar-refractivity contribution is -0.118. The van der Waals surface area contributed by atoms with Gasteiger partial charge in [-0.1, -0.05) is 36.0 Å². The SMILES string of the molecule is C=CCNC(=O)CSc1n[nH]c(C=Cc2ccc(F)cc2)n1. The van der Waals surface area contributed by atoms with Gasteiger partial charge in [0.25, 0.3) is 0 Å². The quantitative estimate of drug-likeness (QED) is 0.608. The van der Waals surface area contributed by atoms with Gasteiger partial charge in [-0.15, -0.1) is 11.7 Å². The van der Waals surface area contributed by atoms with Crippen LogP contribution in [0.5, 0.6) is 0 Å². The first kappa shape index (κ1) is 16.0. The number of aromatic amines is 1. The van der Waals surface area contributed by atoms with Gasteiger partial charge in [-0.2, -0.15) is 0 Å². The molecule has 1 amide bonds. The maximum Gasteiger partial charge on any atom is 0.230 e. The molecule has 2 N–H and O–H groups in total. The van der Waals surface area contributed by atoms with Crippen LogP contribution in [-0.2, 0) is 4.79 Å². The van der Waals surface area contributed by atoms with Gasteiger partial charge in [-0.3, -0.25) is 9.89 Å². The van der Waals surface area contributed by atoms with Crippen molar-refractivity contribution in [2.24, 2.45) is 0 Å². The first-order valence-electron chi connectivity index (χ1n) is 6.54. The van der Waals surface area contributed by atoms with Gasteiger partial charge < -0.3 is 5.32 Å². The first-order chi connectivity index (χ1) is 10.7. The fourth-order valence-electron chi connectivity index (χ4n) is 1.51. The lowest BCUT2D eigenvalue weighted by Crippen LogP contribution is -2.24. The van der Waals surface area contributed by atoms with Crippen molar-refractivity contribution in [3.63, 3.8) is 0 Å². The van der Waals surface area contributed by atoms with Crippen molar-refractivity contribution in [2.75, 3.05) is 12.3 Å². The average molecular weight is 318 g/mol. The molecule has 0 fully saturated rings. The second-order valence-electron chi connectivity index (χ2n) is 4.27. The van der Waals surface area contributed by atoms with Crippen LogP contribution < -0.4 is 5.32 Å². The Morgan fingerprint density at radius 3 is 2.86 bits per heavy atom. The molecule has 0 unspecified atom stereocenters. The summed E-state index contributed by atoms with van der Waals surface area (Å²) in [5.41, 5.74) is 0.857. The van der Waals surface area contributed by atoms with Gasteiger partial charge in [0.1, 0.15) is 11.6 Å². The third kappa shape index (κ3) is 5.17. The summed E-state index contributed by atoms with van der Waals surface area (Å²) in [5, 5.41) is 9.94. The van der Waals surface area contributed by atoms with E-state index in [1.165, 1.54) is 23.9 Å². The number of halogens is 1. The molecule has 1 aromatic heterocycles. The van der Waals surface area contributed by atoms with Crippen molar-refractivity contribution in [2.45, 2.75) is 5.16 Å². The predicted molar refractivity (Wildman–Crippen MR) is 85.6 cm³/mol. The maximum atomic E-state index is 12.8. The van der Waals surface area contributed by atoms with Crippen LogP contribution in [0, 0.1) is 5.82 Å². The molecule has 0 aliphatic heterocycles. The summed E-state index contributed by atoms with van der Waals surface area (Å²) in [4.78, 5) is 15.7. The molecule has 2 rings (SSSR count). The molecular formula is C15H15FN4OS. The highest BCUT2D eigenvalue weighted by Crippen LogP contribution is 2.13. The predicted octanol–water partition coefficient (Wildman–Crippen LogP) is 2.51. The molecule has 1 aromatic carbocycles. The van der Waals surface area contributed by atoms with Gasteiger partial charge >= 0.3 is 0 Å². The van der Waals surface area contributed by atoms with Crippen LogP contribution in [0.3, 0.4) is 0 Å². The van der Waals surface area contributed by atoms with Crippen LogP contribution >= 0.6 is 11.8 Å². The molecule has 0 radical (unpaired) electrons. The Morgan fingerprint density at radius 2 is 2.14 bits per heavy atom. The molecule has 22 heavy (non-hydrogen) atoms. The lowest BCUT2D eigenvalue weighted by atomic mass is 10.2. The van der Waals surface area contributed by atoms with Gasteiger partial charge in [0.2, 0.25) is 11.1 Å². The van der Waals surface area contributed by atoms with Crippen LogP contribution in [0.15, 0.2) is 42.1 Å². The number of carbonyl (C=O) groups excluding carboxylic acids is 1. The number of H-pyrrole nitrogens is 1. The minimum absolute atomic E-state index is 0.0990. The van der Waals surface area contributed by atoms with E-state index in [-0.39, 0.29) is 17.5 Å². The fraction of sp³-hybridized carbons (Fsp3) is 0.133. The highest BCUT2D eigenvalue weighted by Gasteiger charge is 2.05. The molecular weight excluding hydrogens is 303 g/mol. The van der Waals surface area contributed by atoms with E-state index in [1.54, 1.807) is 30.4 Å². The number of nitrogens with one attached hydrogen (secondary N) is 2. The molecule has 0 aliphatic rings. The van der Waals surface area contributed by atoms with E-state index >= 15 is 0 Å². The summed E-state index contributed by atoms with van der Waals surface area (Å²) in [6.07, 6.45) is 5.15. The molecule has 7 heteroatoms. The Morgan fingerprint density at radius 1 is 1.36 bits per heavy atom. The highest BCUT2D eigenvalue weighted by molar-refractivity contribution is 7.99. The largest absolute Gasteiger partial charge is 0.352 e. The summed E-state index contributed by atoms with van der Waals surface area (Å²) >= 11 is 1.24. The van der Waals surface area contributed by atoms with Crippen molar-refractivity contribution in [3.05, 3.63) is 54.1 Å². The Labute approximate surface area is 131 Å². The van der Waals surface area contributed by atoms with Crippen LogP contribution in [0.1, 0.15) is 11.4 Å². The summed E-state index contributed by atoms with van der Waals surface area (Å²) in [7, 11) is 0. The van der Waals surface area contributed by atoms with Gasteiger partial charge in [0.05, 0.1) is 5.75 Å². The molecule has 0 aliphatic carbocycles. The topological polar surface area (TPSA) is 70.7 Å². The van der Waals surface area contributed by atoms with Crippen molar-refractivity contribution in [1.82, 2.24) is 20.5 Å². The molecule has 0 saturated carbocycles. The third-order valence-corrected chi connectivity index (χ3v) is 3.41. The Kier molecular flexibility index (Phi) is 5.91. The van der Waals surface area contributed by atoms with Gasteiger partial charge in [-0.05, 0) is 23.8 Å². The van der Waals surface area contributed by atoms with E-state index in [4.69, 9.17) is 0 Å². The standard InChI is InChI=1S/C15H15FN4OS/c1-2-9-17-14(21)10-22-15-18-13(19-20-15)8-5-11-3-6-12(16)7-4-11/h2-8H,1,9-10H2,(H,17,21)(H,18,19,20). The fourth-order valence-corrected chi connectivity index (χ4v) is 2.15. The second-order valence-corrected chi connectivity index (χ2v) is 5.21. The van der Waals surface area contributed by atoms with E-state index in [0.29, 0.717) is 17.5 Å². The van der Waals surface area contributed by atoms with Crippen LogP contribution in [0.2, 0.25) is 0 Å². The van der Waals surface area contributed by atoms with Crippen LogP contribution in [0.4, 0.5) is 4.39 Å². The van der Waals surface area contributed by atoms with E-state index in [1.807, 2.05) is 0 Å². The maximum absolute atomic E-state index is 12.8. The number of hydrogen-bond acceptors (Lipinski definition) is 4. The summed E-state index contributed by atoms with van der Waals surface area (Å²) < 4.78 is 12.8. The molecule has 0 atom stereocenters. The number of benzene rings is 1.